The Morgan fingerprint density at radius 2 is 1.86 bits per heavy atom. The molecule has 0 radical (unpaired) electrons. The molecule has 22 heavy (non-hydrogen) atoms. The van der Waals surface area contributed by atoms with E-state index in [9.17, 15) is 14.4 Å². The maximum Gasteiger partial charge on any atom is 0.321 e. The minimum absolute atomic E-state index is 0.0967. The molecule has 1 rings (SSSR count). The van der Waals surface area contributed by atoms with E-state index in [0.717, 1.165) is 11.1 Å². The molecule has 0 saturated carbocycles. The molecule has 0 fully saturated rings. The zero-order chi connectivity index (χ0) is 16.5. The average Bonchev–Trinajstić information content (AvgIpc) is 2.45. The molecule has 0 atom stereocenters. The van der Waals surface area contributed by atoms with E-state index in [1.807, 2.05) is 45.0 Å². The highest BCUT2D eigenvalue weighted by Crippen LogP contribution is 2.08. The molecule has 120 valence electrons. The van der Waals surface area contributed by atoms with Crippen LogP contribution in [0.5, 0.6) is 0 Å². The van der Waals surface area contributed by atoms with Gasteiger partial charge in [-0.2, -0.15) is 0 Å². The summed E-state index contributed by atoms with van der Waals surface area (Å²) < 4.78 is 4.86. The van der Waals surface area contributed by atoms with E-state index >= 15 is 0 Å². The van der Waals surface area contributed by atoms with Crippen LogP contribution in [-0.4, -0.2) is 31.1 Å². The number of amides is 3. The van der Waals surface area contributed by atoms with Gasteiger partial charge in [0.2, 0.25) is 0 Å². The average molecular weight is 306 g/mol. The van der Waals surface area contributed by atoms with Gasteiger partial charge in [0.1, 0.15) is 0 Å². The minimum Gasteiger partial charge on any atom is -0.455 e. The molecular formula is C16H22N2O4. The molecule has 6 heteroatoms. The molecule has 0 heterocycles. The number of imide groups is 1. The molecular weight excluding hydrogens is 284 g/mol. The lowest BCUT2D eigenvalue weighted by atomic mass is 10.1. The first-order chi connectivity index (χ1) is 10.4. The summed E-state index contributed by atoms with van der Waals surface area (Å²) in [7, 11) is 0. The quantitative estimate of drug-likeness (QED) is 0.781. The predicted molar refractivity (Wildman–Crippen MR) is 82.2 cm³/mol. The Labute approximate surface area is 130 Å². The van der Waals surface area contributed by atoms with Crippen LogP contribution in [0, 0.1) is 12.8 Å². The number of hydrogen-bond donors (Lipinski definition) is 2. The highest BCUT2D eigenvalue weighted by molar-refractivity contribution is 5.95. The second kappa shape index (κ2) is 8.81. The van der Waals surface area contributed by atoms with Gasteiger partial charge in [-0.05, 0) is 24.0 Å². The summed E-state index contributed by atoms with van der Waals surface area (Å²) in [5.74, 6) is -0.876. The van der Waals surface area contributed by atoms with Crippen LogP contribution in [0.25, 0.3) is 0 Å². The third-order valence-electron chi connectivity index (χ3n) is 2.88. The van der Waals surface area contributed by atoms with Gasteiger partial charge in [0.25, 0.3) is 5.91 Å². The molecule has 3 amide bonds. The van der Waals surface area contributed by atoms with E-state index in [1.165, 1.54) is 0 Å². The fourth-order valence-electron chi connectivity index (χ4n) is 1.66. The molecule has 0 aliphatic rings. The third kappa shape index (κ3) is 6.88. The van der Waals surface area contributed by atoms with Gasteiger partial charge in [-0.1, -0.05) is 38.1 Å². The number of esters is 1. The van der Waals surface area contributed by atoms with E-state index in [0.29, 0.717) is 6.54 Å². The molecule has 0 aromatic heterocycles. The Bertz CT molecular complexity index is 541. The van der Waals surface area contributed by atoms with Gasteiger partial charge >= 0.3 is 12.0 Å². The topological polar surface area (TPSA) is 84.5 Å². The van der Waals surface area contributed by atoms with Crippen LogP contribution < -0.4 is 10.6 Å². The van der Waals surface area contributed by atoms with Crippen LogP contribution in [-0.2, 0) is 20.7 Å². The largest absolute Gasteiger partial charge is 0.455 e. The van der Waals surface area contributed by atoms with Gasteiger partial charge in [0.05, 0.1) is 6.42 Å². The van der Waals surface area contributed by atoms with Crippen LogP contribution in [0.2, 0.25) is 0 Å². The molecule has 1 aromatic carbocycles. The number of urea groups is 1. The van der Waals surface area contributed by atoms with Crippen LogP contribution >= 0.6 is 0 Å². The first kappa shape index (κ1) is 17.7. The standard InChI is InChI=1S/C16H22N2O4/c1-11(2)9-17-16(21)18-14(19)10-22-15(20)8-13-7-5-4-6-12(13)3/h4-7,11H,8-10H2,1-3H3,(H2,17,18,19,21). The van der Waals surface area contributed by atoms with Gasteiger partial charge < -0.3 is 10.1 Å². The monoisotopic (exact) mass is 306 g/mol. The van der Waals surface area contributed by atoms with Crippen LogP contribution in [0.1, 0.15) is 25.0 Å². The Kier molecular flexibility index (Phi) is 7.08. The fourth-order valence-corrected chi connectivity index (χ4v) is 1.66. The summed E-state index contributed by atoms with van der Waals surface area (Å²) in [5, 5.41) is 4.64. The molecule has 1 aromatic rings. The van der Waals surface area contributed by atoms with Gasteiger partial charge in [-0.15, -0.1) is 0 Å². The zero-order valence-corrected chi connectivity index (χ0v) is 13.1. The van der Waals surface area contributed by atoms with Crippen molar-refractivity contribution in [1.82, 2.24) is 10.6 Å². The third-order valence-corrected chi connectivity index (χ3v) is 2.88. The molecule has 0 aliphatic carbocycles. The number of benzene rings is 1. The number of nitrogens with one attached hydrogen (secondary N) is 2. The normalized spacial score (nSPS) is 10.2. The van der Waals surface area contributed by atoms with Gasteiger partial charge in [-0.3, -0.25) is 14.9 Å². The molecule has 0 spiro atoms. The van der Waals surface area contributed by atoms with Crippen molar-refractivity contribution in [3.63, 3.8) is 0 Å². The van der Waals surface area contributed by atoms with E-state index in [2.05, 4.69) is 10.6 Å². The van der Waals surface area contributed by atoms with Crippen molar-refractivity contribution in [2.45, 2.75) is 27.2 Å². The Morgan fingerprint density at radius 3 is 2.50 bits per heavy atom. The highest BCUT2D eigenvalue weighted by atomic mass is 16.5. The summed E-state index contributed by atoms with van der Waals surface area (Å²) in [6.45, 7) is 5.77. The molecule has 0 bridgehead atoms. The van der Waals surface area contributed by atoms with E-state index in [-0.39, 0.29) is 12.3 Å². The SMILES string of the molecule is Cc1ccccc1CC(=O)OCC(=O)NC(=O)NCC(C)C. The van der Waals surface area contributed by atoms with Crippen LogP contribution in [0.15, 0.2) is 24.3 Å². The summed E-state index contributed by atoms with van der Waals surface area (Å²) in [6, 6.07) is 6.85. The van der Waals surface area contributed by atoms with Crippen molar-refractivity contribution in [3.05, 3.63) is 35.4 Å². The fraction of sp³-hybridized carbons (Fsp3) is 0.438. The van der Waals surface area contributed by atoms with Crippen molar-refractivity contribution in [3.8, 4) is 0 Å². The summed E-state index contributed by atoms with van der Waals surface area (Å²) in [6.07, 6.45) is 0.0967. The summed E-state index contributed by atoms with van der Waals surface area (Å²) >= 11 is 0. The van der Waals surface area contributed by atoms with E-state index < -0.39 is 24.5 Å². The molecule has 0 unspecified atom stereocenters. The lowest BCUT2D eigenvalue weighted by Gasteiger charge is -2.09. The van der Waals surface area contributed by atoms with E-state index in [1.54, 1.807) is 0 Å². The van der Waals surface area contributed by atoms with Crippen LogP contribution in [0.4, 0.5) is 4.79 Å². The second-order valence-corrected chi connectivity index (χ2v) is 5.42. The molecule has 0 saturated heterocycles. The first-order valence-electron chi connectivity index (χ1n) is 7.16. The van der Waals surface area contributed by atoms with Gasteiger partial charge in [0.15, 0.2) is 6.61 Å². The minimum atomic E-state index is -0.653. The second-order valence-electron chi connectivity index (χ2n) is 5.42. The number of hydrogen-bond acceptors (Lipinski definition) is 4. The number of rotatable bonds is 6. The lowest BCUT2D eigenvalue weighted by molar-refractivity contribution is -0.147. The van der Waals surface area contributed by atoms with Crippen molar-refractivity contribution >= 4 is 17.9 Å². The van der Waals surface area contributed by atoms with Crippen LogP contribution in [0.3, 0.4) is 0 Å². The highest BCUT2D eigenvalue weighted by Gasteiger charge is 2.12. The van der Waals surface area contributed by atoms with Crippen molar-refractivity contribution in [2.75, 3.05) is 13.2 Å². The zero-order valence-electron chi connectivity index (χ0n) is 13.1. The van der Waals surface area contributed by atoms with Crippen molar-refractivity contribution in [1.29, 1.82) is 0 Å². The lowest BCUT2D eigenvalue weighted by Crippen LogP contribution is -2.42. The molecule has 0 aliphatic heterocycles. The Balaban J connectivity index is 2.30. The number of carbonyl (C=O) groups is 3. The number of carbonyl (C=O) groups excluding carboxylic acids is 3. The van der Waals surface area contributed by atoms with E-state index in [4.69, 9.17) is 4.74 Å². The first-order valence-corrected chi connectivity index (χ1v) is 7.16. The predicted octanol–water partition coefficient (Wildman–Crippen LogP) is 1.56. The Hall–Kier alpha value is -2.37. The number of ether oxygens (including phenoxy) is 1. The summed E-state index contributed by atoms with van der Waals surface area (Å²) in [5.41, 5.74) is 1.83. The number of aryl methyl sites for hydroxylation is 1. The maximum atomic E-state index is 11.7. The van der Waals surface area contributed by atoms with Gasteiger partial charge in [-0.25, -0.2) is 4.79 Å². The molecule has 2 N–H and O–H groups in total. The maximum absolute atomic E-state index is 11.7. The smallest absolute Gasteiger partial charge is 0.321 e. The van der Waals surface area contributed by atoms with Crippen molar-refractivity contribution in [2.24, 2.45) is 5.92 Å². The summed E-state index contributed by atoms with van der Waals surface area (Å²) in [4.78, 5) is 34.5. The molecule has 6 nitrogen and oxygen atoms in total. The van der Waals surface area contributed by atoms with Crippen molar-refractivity contribution < 1.29 is 19.1 Å². The van der Waals surface area contributed by atoms with Gasteiger partial charge in [0, 0.05) is 6.54 Å². The Morgan fingerprint density at radius 1 is 1.18 bits per heavy atom.